The number of nitrogens with one attached hydrogen (secondary N) is 2. The van der Waals surface area contributed by atoms with E-state index in [2.05, 4.69) is 34.6 Å². The van der Waals surface area contributed by atoms with Crippen molar-refractivity contribution in [1.82, 2.24) is 20.1 Å². The SMILES string of the molecule is CN=C(NCc1cc(C(C)C)no1)NCc1ccccc1S(=O)(=O)N(C)C.I. The van der Waals surface area contributed by atoms with Crippen LogP contribution in [0.1, 0.15) is 36.8 Å². The van der Waals surface area contributed by atoms with E-state index in [1.165, 1.54) is 18.4 Å². The number of aliphatic imine (C=N–C) groups is 1. The second-order valence-corrected chi connectivity index (χ2v) is 8.67. The molecule has 0 saturated carbocycles. The quantitative estimate of drug-likeness (QED) is 0.330. The monoisotopic (exact) mass is 521 g/mol. The van der Waals surface area contributed by atoms with Crippen LogP contribution in [0.25, 0.3) is 0 Å². The third-order valence-electron chi connectivity index (χ3n) is 4.00. The van der Waals surface area contributed by atoms with Gasteiger partial charge in [-0.1, -0.05) is 37.2 Å². The van der Waals surface area contributed by atoms with Crippen molar-refractivity contribution in [3.05, 3.63) is 47.3 Å². The summed E-state index contributed by atoms with van der Waals surface area (Å²) in [6, 6.07) is 8.81. The maximum Gasteiger partial charge on any atom is 0.242 e. The number of aromatic nitrogens is 1. The van der Waals surface area contributed by atoms with Gasteiger partial charge in [-0.15, -0.1) is 24.0 Å². The molecule has 0 aliphatic heterocycles. The highest BCUT2D eigenvalue weighted by molar-refractivity contribution is 14.0. The second-order valence-electron chi connectivity index (χ2n) is 6.55. The van der Waals surface area contributed by atoms with Gasteiger partial charge in [-0.2, -0.15) is 0 Å². The molecule has 1 heterocycles. The zero-order valence-corrected chi connectivity index (χ0v) is 19.9. The minimum atomic E-state index is -3.51. The lowest BCUT2D eigenvalue weighted by atomic mass is 10.1. The molecular formula is C18H28IN5O3S. The van der Waals surface area contributed by atoms with Crippen molar-refractivity contribution >= 4 is 40.0 Å². The van der Waals surface area contributed by atoms with Crippen LogP contribution in [-0.2, 0) is 23.1 Å². The Bertz CT molecular complexity index is 894. The van der Waals surface area contributed by atoms with E-state index < -0.39 is 10.0 Å². The van der Waals surface area contributed by atoms with Crippen molar-refractivity contribution in [2.75, 3.05) is 21.1 Å². The van der Waals surface area contributed by atoms with E-state index in [1.807, 2.05) is 12.1 Å². The largest absolute Gasteiger partial charge is 0.359 e. The van der Waals surface area contributed by atoms with Crippen LogP contribution in [0.3, 0.4) is 0 Å². The van der Waals surface area contributed by atoms with Gasteiger partial charge in [0, 0.05) is 33.8 Å². The van der Waals surface area contributed by atoms with Crippen LogP contribution in [0, 0.1) is 0 Å². The molecule has 0 radical (unpaired) electrons. The molecule has 28 heavy (non-hydrogen) atoms. The molecule has 0 fully saturated rings. The molecule has 0 aliphatic carbocycles. The molecule has 0 bridgehead atoms. The smallest absolute Gasteiger partial charge is 0.242 e. The summed E-state index contributed by atoms with van der Waals surface area (Å²) in [6.45, 7) is 4.84. The molecule has 156 valence electrons. The number of rotatable bonds is 7. The zero-order chi connectivity index (χ0) is 20.0. The predicted octanol–water partition coefficient (Wildman–Crippen LogP) is 2.53. The number of halogens is 1. The van der Waals surface area contributed by atoms with Gasteiger partial charge in [0.05, 0.1) is 17.1 Å². The predicted molar refractivity (Wildman–Crippen MR) is 120 cm³/mol. The van der Waals surface area contributed by atoms with Crippen LogP contribution in [0.15, 0.2) is 44.7 Å². The van der Waals surface area contributed by atoms with Gasteiger partial charge in [-0.05, 0) is 17.5 Å². The van der Waals surface area contributed by atoms with Gasteiger partial charge in [0.2, 0.25) is 10.0 Å². The second kappa shape index (κ2) is 10.8. The van der Waals surface area contributed by atoms with Crippen molar-refractivity contribution < 1.29 is 12.9 Å². The van der Waals surface area contributed by atoms with Crippen LogP contribution < -0.4 is 10.6 Å². The Hall–Kier alpha value is -1.66. The fourth-order valence-corrected chi connectivity index (χ4v) is 3.47. The molecule has 10 heteroatoms. The highest BCUT2D eigenvalue weighted by atomic mass is 127. The van der Waals surface area contributed by atoms with E-state index >= 15 is 0 Å². The molecule has 1 aromatic carbocycles. The van der Waals surface area contributed by atoms with Crippen LogP contribution in [0.2, 0.25) is 0 Å². The summed E-state index contributed by atoms with van der Waals surface area (Å²) in [5, 5.41) is 10.3. The Kier molecular flexibility index (Phi) is 9.37. The van der Waals surface area contributed by atoms with Crippen molar-refractivity contribution in [2.24, 2.45) is 4.99 Å². The maximum atomic E-state index is 12.5. The van der Waals surface area contributed by atoms with Gasteiger partial charge >= 0.3 is 0 Å². The van der Waals surface area contributed by atoms with Crippen LogP contribution in [-0.4, -0.2) is 45.0 Å². The number of hydrogen-bond donors (Lipinski definition) is 2. The fraction of sp³-hybridized carbons (Fsp3) is 0.444. The van der Waals surface area contributed by atoms with Crippen molar-refractivity contribution in [1.29, 1.82) is 0 Å². The first kappa shape index (κ1) is 24.4. The standard InChI is InChI=1S/C18H27N5O3S.HI/c1-13(2)16-10-15(26-22-16)12-21-18(19-3)20-11-14-8-6-7-9-17(14)27(24,25)23(4)5;/h6-10,13H,11-12H2,1-5H3,(H2,19,20,21);1H. The average molecular weight is 521 g/mol. The van der Waals surface area contributed by atoms with Crippen LogP contribution >= 0.6 is 24.0 Å². The van der Waals surface area contributed by atoms with Gasteiger partial charge in [0.1, 0.15) is 0 Å². The molecule has 0 saturated heterocycles. The van der Waals surface area contributed by atoms with Gasteiger partial charge in [0.15, 0.2) is 11.7 Å². The summed E-state index contributed by atoms with van der Waals surface area (Å²) in [4.78, 5) is 4.43. The number of benzene rings is 1. The van der Waals surface area contributed by atoms with Crippen molar-refractivity contribution in [3.8, 4) is 0 Å². The number of nitrogens with zero attached hydrogens (tertiary/aromatic N) is 3. The molecule has 2 rings (SSSR count). The molecular weight excluding hydrogens is 493 g/mol. The minimum absolute atomic E-state index is 0. The first-order valence-corrected chi connectivity index (χ1v) is 10.1. The third kappa shape index (κ3) is 6.17. The molecule has 0 atom stereocenters. The number of guanidine groups is 1. The van der Waals surface area contributed by atoms with E-state index in [0.717, 1.165) is 5.69 Å². The Morgan fingerprint density at radius 1 is 1.21 bits per heavy atom. The summed E-state index contributed by atoms with van der Waals surface area (Å²) < 4.78 is 31.4. The Morgan fingerprint density at radius 2 is 1.86 bits per heavy atom. The maximum absolute atomic E-state index is 12.5. The summed E-state index contributed by atoms with van der Waals surface area (Å²) >= 11 is 0. The van der Waals surface area contributed by atoms with Gasteiger partial charge < -0.3 is 15.2 Å². The first-order valence-electron chi connectivity index (χ1n) is 8.66. The van der Waals surface area contributed by atoms with Crippen molar-refractivity contribution in [3.63, 3.8) is 0 Å². The Balaban J connectivity index is 0.00000392. The van der Waals surface area contributed by atoms with E-state index in [4.69, 9.17) is 4.52 Å². The molecule has 0 aliphatic rings. The van der Waals surface area contributed by atoms with Gasteiger partial charge in [0.25, 0.3) is 0 Å². The molecule has 0 unspecified atom stereocenters. The molecule has 1 aromatic heterocycles. The number of sulfonamides is 1. The molecule has 0 amide bonds. The van der Waals surface area contributed by atoms with E-state index in [1.54, 1.807) is 25.2 Å². The topological polar surface area (TPSA) is 99.8 Å². The lowest BCUT2D eigenvalue weighted by Crippen LogP contribution is -2.36. The van der Waals surface area contributed by atoms with Gasteiger partial charge in [-0.25, -0.2) is 12.7 Å². The normalized spacial score (nSPS) is 12.2. The average Bonchev–Trinajstić information content (AvgIpc) is 3.11. The number of hydrogen-bond acceptors (Lipinski definition) is 5. The molecule has 2 N–H and O–H groups in total. The lowest BCUT2D eigenvalue weighted by Gasteiger charge is -2.16. The highest BCUT2D eigenvalue weighted by Crippen LogP contribution is 2.18. The lowest BCUT2D eigenvalue weighted by molar-refractivity contribution is 0.372. The summed E-state index contributed by atoms with van der Waals surface area (Å²) in [7, 11) is 1.17. The zero-order valence-electron chi connectivity index (χ0n) is 16.8. The summed E-state index contributed by atoms with van der Waals surface area (Å²) in [6.07, 6.45) is 0. The highest BCUT2D eigenvalue weighted by Gasteiger charge is 2.20. The van der Waals surface area contributed by atoms with Crippen LogP contribution in [0.5, 0.6) is 0 Å². The summed E-state index contributed by atoms with van der Waals surface area (Å²) in [5.41, 5.74) is 1.56. The fourth-order valence-electron chi connectivity index (χ4n) is 2.35. The first-order chi connectivity index (χ1) is 12.8. The van der Waals surface area contributed by atoms with Gasteiger partial charge in [-0.3, -0.25) is 4.99 Å². The minimum Gasteiger partial charge on any atom is -0.359 e. The van der Waals surface area contributed by atoms with Crippen molar-refractivity contribution in [2.45, 2.75) is 37.8 Å². The Morgan fingerprint density at radius 3 is 2.43 bits per heavy atom. The molecule has 0 spiro atoms. The molecule has 8 nitrogen and oxygen atoms in total. The summed E-state index contributed by atoms with van der Waals surface area (Å²) in [5.74, 6) is 1.54. The van der Waals surface area contributed by atoms with E-state index in [-0.39, 0.29) is 28.9 Å². The van der Waals surface area contributed by atoms with E-state index in [9.17, 15) is 8.42 Å². The van der Waals surface area contributed by atoms with E-state index in [0.29, 0.717) is 36.3 Å². The van der Waals surface area contributed by atoms with Crippen LogP contribution in [0.4, 0.5) is 0 Å². The molecule has 2 aromatic rings. The third-order valence-corrected chi connectivity index (χ3v) is 5.92. The Labute approximate surface area is 183 Å².